The lowest BCUT2D eigenvalue weighted by Gasteiger charge is -2.17. The van der Waals surface area contributed by atoms with Crippen molar-refractivity contribution in [1.82, 2.24) is 0 Å². The summed E-state index contributed by atoms with van der Waals surface area (Å²) < 4.78 is 0. The third-order valence-corrected chi connectivity index (χ3v) is 2.56. The van der Waals surface area contributed by atoms with Crippen molar-refractivity contribution in [2.75, 3.05) is 13.1 Å². The minimum Gasteiger partial charge on any atom is -0.626 e. The summed E-state index contributed by atoms with van der Waals surface area (Å²) in [5.41, 5.74) is 5.82. The minimum absolute atomic E-state index is 0.196. The van der Waals surface area contributed by atoms with E-state index in [0.717, 1.165) is 6.08 Å². The zero-order chi connectivity index (χ0) is 14.3. The summed E-state index contributed by atoms with van der Waals surface area (Å²) in [7, 11) is 0. The first kappa shape index (κ1) is 15.2. The summed E-state index contributed by atoms with van der Waals surface area (Å²) in [6, 6.07) is 4.14. The molecule has 0 aliphatic heterocycles. The van der Waals surface area contributed by atoms with Crippen molar-refractivity contribution in [2.45, 2.75) is 12.8 Å². The molecule has 6 nitrogen and oxygen atoms in total. The molecule has 1 amide bonds. The number of hydrogen-bond acceptors (Lipinski definition) is 5. The van der Waals surface area contributed by atoms with E-state index in [2.05, 4.69) is 0 Å². The zero-order valence-electron chi connectivity index (χ0n) is 10.5. The summed E-state index contributed by atoms with van der Waals surface area (Å²) >= 11 is 0. The van der Waals surface area contributed by atoms with Gasteiger partial charge in [-0.15, -0.1) is 0 Å². The van der Waals surface area contributed by atoms with E-state index in [4.69, 9.17) is 10.8 Å². The third-order valence-electron chi connectivity index (χ3n) is 2.56. The number of unbranched alkanes of at least 4 members (excludes halogenated alkanes) is 1. The Morgan fingerprint density at radius 2 is 2.05 bits per heavy atom. The second kappa shape index (κ2) is 7.52. The van der Waals surface area contributed by atoms with Gasteiger partial charge < -0.3 is 26.2 Å². The van der Waals surface area contributed by atoms with Crippen molar-refractivity contribution in [2.24, 2.45) is 5.73 Å². The van der Waals surface area contributed by atoms with E-state index in [9.17, 15) is 15.1 Å². The Morgan fingerprint density at radius 1 is 1.32 bits per heavy atom. The maximum absolute atomic E-state index is 11.5. The number of aromatic hydroxyl groups is 2. The van der Waals surface area contributed by atoms with Gasteiger partial charge in [-0.2, -0.15) is 0 Å². The molecule has 6 heteroatoms. The lowest BCUT2D eigenvalue weighted by molar-refractivity contribution is -0.762. The molecular formula is C13H18N2O4. The highest BCUT2D eigenvalue weighted by Crippen LogP contribution is 2.25. The fraction of sp³-hybridized carbons (Fsp3) is 0.308. The van der Waals surface area contributed by atoms with E-state index in [-0.39, 0.29) is 18.0 Å². The predicted octanol–water partition coefficient (Wildman–Crippen LogP) is -0.241. The standard InChI is InChI=1S/C13H18N2O4/c14-7-1-2-8-15(19)13(18)6-4-10-3-5-11(16)12(17)9-10/h3-6,9,15-17H,1-2,7-8,14H2/b6-4+. The molecular weight excluding hydrogens is 248 g/mol. The van der Waals surface area contributed by atoms with Crippen LogP contribution in [-0.4, -0.2) is 29.2 Å². The van der Waals surface area contributed by atoms with Gasteiger partial charge in [0, 0.05) is 6.08 Å². The maximum Gasteiger partial charge on any atom is 0.336 e. The summed E-state index contributed by atoms with van der Waals surface area (Å²) in [5.74, 6) is -1.09. The second-order valence-electron chi connectivity index (χ2n) is 4.11. The molecule has 104 valence electrons. The number of hydroxylamine groups is 2. The Morgan fingerprint density at radius 3 is 2.68 bits per heavy atom. The van der Waals surface area contributed by atoms with Crippen molar-refractivity contribution in [3.05, 3.63) is 35.0 Å². The number of carbonyl (C=O) groups is 1. The average molecular weight is 266 g/mol. The number of quaternary nitrogens is 1. The van der Waals surface area contributed by atoms with Crippen molar-refractivity contribution in [3.63, 3.8) is 0 Å². The average Bonchev–Trinajstić information content (AvgIpc) is 2.40. The monoisotopic (exact) mass is 266 g/mol. The fourth-order valence-corrected chi connectivity index (χ4v) is 1.46. The van der Waals surface area contributed by atoms with Gasteiger partial charge in [0.1, 0.15) is 0 Å². The maximum atomic E-state index is 11.5. The number of rotatable bonds is 6. The lowest BCUT2D eigenvalue weighted by atomic mass is 10.2. The van der Waals surface area contributed by atoms with Crippen molar-refractivity contribution < 1.29 is 20.1 Å². The van der Waals surface area contributed by atoms with E-state index in [1.54, 1.807) is 0 Å². The van der Waals surface area contributed by atoms with Gasteiger partial charge in [-0.1, -0.05) is 6.07 Å². The number of phenolic OH excluding ortho intramolecular Hbond substituents is 2. The quantitative estimate of drug-likeness (QED) is 0.246. The van der Waals surface area contributed by atoms with E-state index >= 15 is 0 Å². The van der Waals surface area contributed by atoms with Crippen LogP contribution in [0.25, 0.3) is 6.08 Å². The topological polar surface area (TPSA) is 111 Å². The molecule has 19 heavy (non-hydrogen) atoms. The number of carbonyl (C=O) groups excluding carboxylic acids is 1. The van der Waals surface area contributed by atoms with Gasteiger partial charge in [0.2, 0.25) is 0 Å². The number of nitrogens with one attached hydrogen (secondary N) is 1. The summed E-state index contributed by atoms with van der Waals surface area (Å²) in [6.07, 6.45) is 3.91. The molecule has 0 aliphatic carbocycles. The van der Waals surface area contributed by atoms with Gasteiger partial charge in [-0.05, 0) is 43.2 Å². The number of benzene rings is 1. The van der Waals surface area contributed by atoms with Crippen LogP contribution in [-0.2, 0) is 4.79 Å². The Bertz CT molecular complexity index is 460. The minimum atomic E-state index is -0.579. The van der Waals surface area contributed by atoms with Crippen LogP contribution >= 0.6 is 0 Å². The number of hydrogen-bond donors (Lipinski definition) is 4. The molecule has 1 aromatic rings. The van der Waals surface area contributed by atoms with Gasteiger partial charge >= 0.3 is 5.91 Å². The molecule has 0 heterocycles. The van der Waals surface area contributed by atoms with Crippen LogP contribution in [0.3, 0.4) is 0 Å². The molecule has 0 saturated carbocycles. The first-order valence-corrected chi connectivity index (χ1v) is 6.02. The lowest BCUT2D eigenvalue weighted by Crippen LogP contribution is -3.09. The van der Waals surface area contributed by atoms with Gasteiger partial charge in [0.05, 0.1) is 6.54 Å². The van der Waals surface area contributed by atoms with Crippen LogP contribution in [0.4, 0.5) is 0 Å². The molecule has 0 aromatic heterocycles. The van der Waals surface area contributed by atoms with Gasteiger partial charge in [0.15, 0.2) is 11.5 Å². The summed E-state index contributed by atoms with van der Waals surface area (Å²) in [6.45, 7) is 0.700. The van der Waals surface area contributed by atoms with Crippen LogP contribution < -0.4 is 10.8 Å². The Labute approximate surface area is 111 Å². The highest BCUT2D eigenvalue weighted by atomic mass is 16.5. The van der Waals surface area contributed by atoms with E-state index in [1.807, 2.05) is 0 Å². The third kappa shape index (κ3) is 5.09. The number of phenols is 2. The van der Waals surface area contributed by atoms with Gasteiger partial charge in [-0.3, -0.25) is 0 Å². The molecule has 5 N–H and O–H groups in total. The van der Waals surface area contributed by atoms with Crippen LogP contribution in [0.15, 0.2) is 24.3 Å². The predicted molar refractivity (Wildman–Crippen MR) is 71.3 cm³/mol. The smallest absolute Gasteiger partial charge is 0.336 e. The van der Waals surface area contributed by atoms with E-state index in [1.165, 1.54) is 24.3 Å². The SMILES string of the molecule is NCCCC[NH+]([O-])C(=O)/C=C/c1ccc(O)c(O)c1. The Hall–Kier alpha value is -1.89. The van der Waals surface area contributed by atoms with Crippen LogP contribution in [0.5, 0.6) is 11.5 Å². The highest BCUT2D eigenvalue weighted by molar-refractivity contribution is 5.85. The molecule has 1 aromatic carbocycles. The van der Waals surface area contributed by atoms with Crippen LogP contribution in [0, 0.1) is 5.21 Å². The number of nitrogens with two attached hydrogens (primary N) is 1. The van der Waals surface area contributed by atoms with Gasteiger partial charge in [0.25, 0.3) is 0 Å². The highest BCUT2D eigenvalue weighted by Gasteiger charge is 2.06. The zero-order valence-corrected chi connectivity index (χ0v) is 10.5. The van der Waals surface area contributed by atoms with Crippen molar-refractivity contribution in [1.29, 1.82) is 0 Å². The largest absolute Gasteiger partial charge is 0.626 e. The molecule has 0 bridgehead atoms. The molecule has 1 atom stereocenters. The summed E-state index contributed by atoms with van der Waals surface area (Å²) in [4.78, 5) is 11.5. The fourth-order valence-electron chi connectivity index (χ4n) is 1.46. The Balaban J connectivity index is 2.55. The molecule has 0 fully saturated rings. The van der Waals surface area contributed by atoms with E-state index in [0.29, 0.717) is 24.9 Å². The van der Waals surface area contributed by atoms with Crippen LogP contribution in [0.2, 0.25) is 0 Å². The molecule has 1 unspecified atom stereocenters. The van der Waals surface area contributed by atoms with E-state index < -0.39 is 11.0 Å². The molecule has 0 aliphatic rings. The van der Waals surface area contributed by atoms with Crippen molar-refractivity contribution >= 4 is 12.0 Å². The second-order valence-corrected chi connectivity index (χ2v) is 4.11. The molecule has 0 radical (unpaired) electrons. The Kier molecular flexibility index (Phi) is 6.01. The normalized spacial score (nSPS) is 12.7. The molecule has 0 saturated heterocycles. The first-order valence-electron chi connectivity index (χ1n) is 6.02. The van der Waals surface area contributed by atoms with Crippen molar-refractivity contribution in [3.8, 4) is 11.5 Å². The van der Waals surface area contributed by atoms with Gasteiger partial charge in [-0.25, -0.2) is 4.79 Å². The summed E-state index contributed by atoms with van der Waals surface area (Å²) in [5, 5.41) is 29.4. The number of amides is 1. The first-order chi connectivity index (χ1) is 9.04. The van der Waals surface area contributed by atoms with Crippen LogP contribution in [0.1, 0.15) is 18.4 Å². The molecule has 1 rings (SSSR count). The molecule has 0 spiro atoms.